The van der Waals surface area contributed by atoms with Crippen molar-refractivity contribution in [2.24, 2.45) is 0 Å². The summed E-state index contributed by atoms with van der Waals surface area (Å²) in [6.07, 6.45) is 1.28. The van der Waals surface area contributed by atoms with Crippen molar-refractivity contribution in [3.05, 3.63) is 53.6 Å². The van der Waals surface area contributed by atoms with Gasteiger partial charge in [-0.05, 0) is 37.3 Å². The molecule has 2 amide bonds. The molecule has 7 nitrogen and oxygen atoms in total. The van der Waals surface area contributed by atoms with Crippen LogP contribution in [0.4, 0.5) is 5.69 Å². The van der Waals surface area contributed by atoms with Crippen LogP contribution in [0.25, 0.3) is 0 Å². The third-order valence-electron chi connectivity index (χ3n) is 6.20. The number of benzene rings is 2. The lowest BCUT2D eigenvalue weighted by Gasteiger charge is -2.37. The Morgan fingerprint density at radius 1 is 1.06 bits per heavy atom. The average Bonchev–Trinajstić information content (AvgIpc) is 3.23. The molecule has 8 heteroatoms. The fourth-order valence-corrected chi connectivity index (χ4v) is 5.87. The van der Waals surface area contributed by atoms with Crippen LogP contribution in [0.3, 0.4) is 0 Å². The zero-order valence-electron chi connectivity index (χ0n) is 17.3. The normalized spacial score (nSPS) is 22.2. The van der Waals surface area contributed by atoms with Crippen molar-refractivity contribution in [1.82, 2.24) is 4.90 Å². The number of ether oxygens (including phenoxy) is 2. The number of rotatable bonds is 2. The van der Waals surface area contributed by atoms with Crippen LogP contribution in [-0.4, -0.2) is 59.6 Å². The largest absolute Gasteiger partial charge is 0.347 e. The average molecular weight is 441 g/mol. The lowest BCUT2D eigenvalue weighted by atomic mass is 10.0. The number of hydrogen-bond acceptors (Lipinski definition) is 5. The molecule has 1 spiro atoms. The number of likely N-dealkylation sites (tertiary alicyclic amines) is 1. The van der Waals surface area contributed by atoms with Gasteiger partial charge in [0.05, 0.1) is 45.1 Å². The van der Waals surface area contributed by atoms with Crippen LogP contribution in [0.1, 0.15) is 40.5 Å². The minimum Gasteiger partial charge on any atom is -0.347 e. The van der Waals surface area contributed by atoms with Gasteiger partial charge >= 0.3 is 0 Å². The minimum atomic E-state index is -1.50. The van der Waals surface area contributed by atoms with Gasteiger partial charge in [-0.15, -0.1) is 0 Å². The number of carbonyl (C=O) groups excluding carboxylic acids is 2. The molecule has 0 aromatic heterocycles. The monoisotopic (exact) mass is 440 g/mol. The van der Waals surface area contributed by atoms with E-state index >= 15 is 0 Å². The molecule has 0 bridgehead atoms. The molecular weight excluding hydrogens is 416 g/mol. The van der Waals surface area contributed by atoms with Gasteiger partial charge in [-0.3, -0.25) is 9.59 Å². The van der Waals surface area contributed by atoms with Crippen LogP contribution in [0.15, 0.2) is 52.3 Å². The summed E-state index contributed by atoms with van der Waals surface area (Å²) < 4.78 is 24.8. The van der Waals surface area contributed by atoms with Crippen molar-refractivity contribution in [2.75, 3.05) is 37.7 Å². The second kappa shape index (κ2) is 7.85. The highest BCUT2D eigenvalue weighted by Gasteiger charge is 2.41. The highest BCUT2D eigenvalue weighted by atomic mass is 32.2. The van der Waals surface area contributed by atoms with Crippen LogP contribution in [0.5, 0.6) is 0 Å². The third-order valence-corrected chi connectivity index (χ3v) is 7.70. The molecule has 2 aromatic carbocycles. The fourth-order valence-electron chi connectivity index (χ4n) is 4.53. The summed E-state index contributed by atoms with van der Waals surface area (Å²) in [5, 5.41) is 0. The first-order valence-corrected chi connectivity index (χ1v) is 11.7. The van der Waals surface area contributed by atoms with Gasteiger partial charge in [0.1, 0.15) is 0 Å². The fraction of sp³-hybridized carbons (Fsp3) is 0.391. The molecule has 2 fully saturated rings. The number of anilines is 1. The Bertz CT molecular complexity index is 1070. The smallest absolute Gasteiger partial charge is 0.259 e. The number of piperidine rings is 1. The van der Waals surface area contributed by atoms with Gasteiger partial charge in [0.2, 0.25) is 0 Å². The number of hydrogen-bond donors (Lipinski definition) is 0. The molecule has 5 rings (SSSR count). The molecule has 0 aliphatic carbocycles. The minimum absolute atomic E-state index is 0.105. The summed E-state index contributed by atoms with van der Waals surface area (Å²) in [4.78, 5) is 30.8. The Kier molecular flexibility index (Phi) is 5.16. The molecule has 162 valence electrons. The summed E-state index contributed by atoms with van der Waals surface area (Å²) in [5.74, 6) is -0.851. The summed E-state index contributed by atoms with van der Waals surface area (Å²) in [5.41, 5.74) is 1.45. The third kappa shape index (κ3) is 3.39. The van der Waals surface area contributed by atoms with E-state index in [1.807, 2.05) is 6.92 Å². The molecule has 0 saturated carbocycles. The highest BCUT2D eigenvalue weighted by Crippen LogP contribution is 2.36. The maximum Gasteiger partial charge on any atom is 0.259 e. The van der Waals surface area contributed by atoms with Gasteiger partial charge in [-0.1, -0.05) is 12.1 Å². The van der Waals surface area contributed by atoms with Gasteiger partial charge in [0.25, 0.3) is 11.8 Å². The number of fused-ring (bicyclic) bond motifs is 2. The van der Waals surface area contributed by atoms with Crippen LogP contribution in [-0.2, 0) is 20.3 Å². The summed E-state index contributed by atoms with van der Waals surface area (Å²) in [7, 11) is -1.50. The number of nitrogens with zero attached hydrogens (tertiary/aromatic N) is 2. The number of carbonyl (C=O) groups is 2. The Morgan fingerprint density at radius 2 is 1.77 bits per heavy atom. The Morgan fingerprint density at radius 3 is 2.48 bits per heavy atom. The van der Waals surface area contributed by atoms with Gasteiger partial charge in [-0.2, -0.15) is 0 Å². The van der Waals surface area contributed by atoms with Crippen molar-refractivity contribution < 1.29 is 23.3 Å². The quantitative estimate of drug-likeness (QED) is 0.718. The van der Waals surface area contributed by atoms with Crippen molar-refractivity contribution in [3.8, 4) is 0 Å². The predicted octanol–water partition coefficient (Wildman–Crippen LogP) is 2.81. The van der Waals surface area contributed by atoms with E-state index in [1.165, 1.54) is 0 Å². The van der Waals surface area contributed by atoms with E-state index in [4.69, 9.17) is 9.47 Å². The van der Waals surface area contributed by atoms with E-state index in [0.29, 0.717) is 72.3 Å². The second-order valence-corrected chi connectivity index (χ2v) is 9.31. The molecule has 0 N–H and O–H groups in total. The molecule has 0 radical (unpaired) electrons. The molecule has 0 unspecified atom stereocenters. The van der Waals surface area contributed by atoms with Crippen LogP contribution < -0.4 is 4.90 Å². The van der Waals surface area contributed by atoms with E-state index in [1.54, 1.807) is 52.3 Å². The van der Waals surface area contributed by atoms with Gasteiger partial charge in [0.15, 0.2) is 5.79 Å². The van der Waals surface area contributed by atoms with Crippen molar-refractivity contribution >= 4 is 28.3 Å². The lowest BCUT2D eigenvalue weighted by molar-refractivity contribution is -0.181. The van der Waals surface area contributed by atoms with Gasteiger partial charge < -0.3 is 19.3 Å². The van der Waals surface area contributed by atoms with Crippen LogP contribution in [0, 0.1) is 0 Å². The first kappa shape index (κ1) is 20.4. The van der Waals surface area contributed by atoms with E-state index in [2.05, 4.69) is 0 Å². The SMILES string of the molecule is CCN1C(=O)c2ccccc2[S@](=O)c2ccc(C(=O)N3CCC4(CC3)OCCO4)cc21. The standard InChI is InChI=1S/C23H24N2O5S/c1-2-25-18-15-16(21(26)24-11-9-23(10-12-24)29-13-14-30-23)7-8-20(18)31(28)19-6-4-3-5-17(19)22(25)27/h3-8,15H,2,9-14H2,1H3/t31-/m0/s1. The highest BCUT2D eigenvalue weighted by molar-refractivity contribution is 7.85. The van der Waals surface area contributed by atoms with E-state index in [-0.39, 0.29) is 11.8 Å². The molecular formula is C23H24N2O5S. The summed E-state index contributed by atoms with van der Waals surface area (Å²) >= 11 is 0. The maximum absolute atomic E-state index is 13.3. The van der Waals surface area contributed by atoms with Crippen molar-refractivity contribution in [1.29, 1.82) is 0 Å². The Balaban J connectivity index is 1.46. The van der Waals surface area contributed by atoms with Crippen molar-refractivity contribution in [2.45, 2.75) is 35.3 Å². The van der Waals surface area contributed by atoms with Crippen LogP contribution >= 0.6 is 0 Å². The zero-order chi connectivity index (χ0) is 21.6. The summed E-state index contributed by atoms with van der Waals surface area (Å²) in [6.45, 7) is 4.57. The molecule has 2 aromatic rings. The Hall–Kier alpha value is -2.55. The van der Waals surface area contributed by atoms with E-state index < -0.39 is 16.6 Å². The summed E-state index contributed by atoms with van der Waals surface area (Å²) in [6, 6.07) is 12.1. The van der Waals surface area contributed by atoms with E-state index in [9.17, 15) is 13.8 Å². The molecule has 3 aliphatic rings. The topological polar surface area (TPSA) is 76.2 Å². The first-order valence-electron chi connectivity index (χ1n) is 10.6. The second-order valence-electron chi connectivity index (χ2n) is 7.90. The molecule has 1 atom stereocenters. The van der Waals surface area contributed by atoms with E-state index in [0.717, 1.165) is 0 Å². The van der Waals surface area contributed by atoms with Gasteiger partial charge in [-0.25, -0.2) is 4.21 Å². The Labute approximate surface area is 183 Å². The van der Waals surface area contributed by atoms with Crippen molar-refractivity contribution in [3.63, 3.8) is 0 Å². The maximum atomic E-state index is 13.3. The van der Waals surface area contributed by atoms with Crippen LogP contribution in [0.2, 0.25) is 0 Å². The zero-order valence-corrected chi connectivity index (χ0v) is 18.2. The molecule has 31 heavy (non-hydrogen) atoms. The predicted molar refractivity (Wildman–Crippen MR) is 115 cm³/mol. The first-order chi connectivity index (χ1) is 15.0. The number of amides is 2. The molecule has 2 saturated heterocycles. The molecule has 3 heterocycles. The molecule has 3 aliphatic heterocycles. The van der Waals surface area contributed by atoms with Gasteiger partial charge in [0, 0.05) is 38.0 Å². The lowest BCUT2D eigenvalue weighted by Crippen LogP contribution is -2.47.